The Balaban J connectivity index is 1.79. The SMILES string of the molecule is CCC(=O)N1CCNC(COCc2ccc(S(N)(=O)=O)o2)C1. The lowest BCUT2D eigenvalue weighted by molar-refractivity contribution is -0.132. The lowest BCUT2D eigenvalue weighted by Crippen LogP contribution is -2.54. The number of nitrogens with two attached hydrogens (primary N) is 1. The van der Waals surface area contributed by atoms with Crippen LogP contribution in [0.3, 0.4) is 0 Å². The molecule has 2 rings (SSSR count). The van der Waals surface area contributed by atoms with Crippen molar-refractivity contribution >= 4 is 15.9 Å². The summed E-state index contributed by atoms with van der Waals surface area (Å²) in [5.74, 6) is 0.525. The van der Waals surface area contributed by atoms with Crippen LogP contribution in [-0.4, -0.2) is 51.5 Å². The van der Waals surface area contributed by atoms with Crippen LogP contribution in [0, 0.1) is 0 Å². The monoisotopic (exact) mass is 331 g/mol. The molecule has 8 nitrogen and oxygen atoms in total. The highest BCUT2D eigenvalue weighted by atomic mass is 32.2. The third kappa shape index (κ3) is 4.54. The topological polar surface area (TPSA) is 115 Å². The van der Waals surface area contributed by atoms with Crippen LogP contribution >= 0.6 is 0 Å². The molecule has 1 saturated heterocycles. The predicted molar refractivity (Wildman–Crippen MR) is 78.4 cm³/mol. The highest BCUT2D eigenvalue weighted by molar-refractivity contribution is 7.89. The number of nitrogens with one attached hydrogen (secondary N) is 1. The van der Waals surface area contributed by atoms with Gasteiger partial charge in [-0.1, -0.05) is 6.92 Å². The first-order chi connectivity index (χ1) is 10.4. The Labute approximate surface area is 129 Å². The Morgan fingerprint density at radius 2 is 2.32 bits per heavy atom. The van der Waals surface area contributed by atoms with E-state index in [2.05, 4.69) is 5.32 Å². The number of primary sulfonamides is 1. The summed E-state index contributed by atoms with van der Waals surface area (Å²) in [5, 5.41) is 7.96. The second-order valence-electron chi connectivity index (χ2n) is 5.13. The molecular formula is C13H21N3O5S. The second-order valence-corrected chi connectivity index (χ2v) is 6.62. The van der Waals surface area contributed by atoms with Crippen molar-refractivity contribution in [2.45, 2.75) is 31.1 Å². The van der Waals surface area contributed by atoms with E-state index in [0.717, 1.165) is 6.54 Å². The van der Waals surface area contributed by atoms with Gasteiger partial charge in [0.05, 0.1) is 6.61 Å². The zero-order chi connectivity index (χ0) is 16.2. The number of furan rings is 1. The quantitative estimate of drug-likeness (QED) is 0.736. The van der Waals surface area contributed by atoms with Gasteiger partial charge in [-0.25, -0.2) is 13.6 Å². The number of amides is 1. The lowest BCUT2D eigenvalue weighted by atomic mass is 10.2. The summed E-state index contributed by atoms with van der Waals surface area (Å²) in [7, 11) is -3.83. The Kier molecular flexibility index (Phi) is 5.57. The zero-order valence-electron chi connectivity index (χ0n) is 12.4. The van der Waals surface area contributed by atoms with Crippen LogP contribution in [0.5, 0.6) is 0 Å². The van der Waals surface area contributed by atoms with Crippen molar-refractivity contribution in [1.29, 1.82) is 0 Å². The largest absolute Gasteiger partial charge is 0.446 e. The van der Waals surface area contributed by atoms with Crippen molar-refractivity contribution in [3.63, 3.8) is 0 Å². The molecule has 1 amide bonds. The number of carbonyl (C=O) groups excluding carboxylic acids is 1. The van der Waals surface area contributed by atoms with Gasteiger partial charge < -0.3 is 19.4 Å². The number of hydrogen-bond donors (Lipinski definition) is 2. The van der Waals surface area contributed by atoms with Gasteiger partial charge in [0.25, 0.3) is 10.0 Å². The Bertz CT molecular complexity index is 613. The minimum Gasteiger partial charge on any atom is -0.446 e. The molecule has 1 aliphatic heterocycles. The van der Waals surface area contributed by atoms with Crippen LogP contribution in [0.15, 0.2) is 21.6 Å². The fourth-order valence-corrected chi connectivity index (χ4v) is 2.76. The minimum atomic E-state index is -3.83. The van der Waals surface area contributed by atoms with Crippen molar-refractivity contribution in [2.24, 2.45) is 5.14 Å². The van der Waals surface area contributed by atoms with Gasteiger partial charge in [-0.3, -0.25) is 4.79 Å². The molecular weight excluding hydrogens is 310 g/mol. The number of piperazine rings is 1. The van der Waals surface area contributed by atoms with Crippen LogP contribution in [-0.2, 0) is 26.2 Å². The van der Waals surface area contributed by atoms with E-state index < -0.39 is 10.0 Å². The Morgan fingerprint density at radius 3 is 2.95 bits per heavy atom. The van der Waals surface area contributed by atoms with E-state index >= 15 is 0 Å². The van der Waals surface area contributed by atoms with E-state index in [4.69, 9.17) is 14.3 Å². The van der Waals surface area contributed by atoms with Crippen molar-refractivity contribution in [1.82, 2.24) is 10.2 Å². The fraction of sp³-hybridized carbons (Fsp3) is 0.615. The minimum absolute atomic E-state index is 0.0527. The normalized spacial score (nSPS) is 19.4. The van der Waals surface area contributed by atoms with Crippen LogP contribution in [0.2, 0.25) is 0 Å². The Morgan fingerprint density at radius 1 is 1.55 bits per heavy atom. The number of carbonyl (C=O) groups is 1. The molecule has 1 aromatic rings. The van der Waals surface area contributed by atoms with Crippen LogP contribution in [0.25, 0.3) is 0 Å². The maximum Gasteiger partial charge on any atom is 0.271 e. The first kappa shape index (κ1) is 16.9. The molecule has 1 fully saturated rings. The van der Waals surface area contributed by atoms with Crippen molar-refractivity contribution in [3.8, 4) is 0 Å². The highest BCUT2D eigenvalue weighted by Gasteiger charge is 2.22. The molecule has 0 aromatic carbocycles. The first-order valence-corrected chi connectivity index (χ1v) is 8.65. The number of hydrogen-bond acceptors (Lipinski definition) is 6. The maximum absolute atomic E-state index is 11.7. The summed E-state index contributed by atoms with van der Waals surface area (Å²) < 4.78 is 32.8. The van der Waals surface area contributed by atoms with Crippen LogP contribution < -0.4 is 10.5 Å². The third-order valence-electron chi connectivity index (χ3n) is 3.39. The summed E-state index contributed by atoms with van der Waals surface area (Å²) >= 11 is 0. The average molecular weight is 331 g/mol. The van der Waals surface area contributed by atoms with E-state index in [1.807, 2.05) is 11.8 Å². The van der Waals surface area contributed by atoms with Gasteiger partial charge in [0.15, 0.2) is 0 Å². The van der Waals surface area contributed by atoms with Gasteiger partial charge in [-0.05, 0) is 12.1 Å². The average Bonchev–Trinajstić information content (AvgIpc) is 2.96. The number of ether oxygens (including phenoxy) is 1. The van der Waals surface area contributed by atoms with Crippen LogP contribution in [0.4, 0.5) is 0 Å². The van der Waals surface area contributed by atoms with Gasteiger partial charge >= 0.3 is 0 Å². The second kappa shape index (κ2) is 7.23. The lowest BCUT2D eigenvalue weighted by Gasteiger charge is -2.33. The van der Waals surface area contributed by atoms with E-state index in [-0.39, 0.29) is 23.6 Å². The summed E-state index contributed by atoms with van der Waals surface area (Å²) in [6, 6.07) is 2.87. The van der Waals surface area contributed by atoms with Crippen molar-refractivity contribution < 1.29 is 22.4 Å². The summed E-state index contributed by atoms with van der Waals surface area (Å²) in [6.07, 6.45) is 0.496. The molecule has 1 aromatic heterocycles. The summed E-state index contributed by atoms with van der Waals surface area (Å²) in [5.41, 5.74) is 0. The van der Waals surface area contributed by atoms with Gasteiger partial charge in [-0.15, -0.1) is 0 Å². The molecule has 0 radical (unpaired) electrons. The van der Waals surface area contributed by atoms with Gasteiger partial charge in [0, 0.05) is 32.1 Å². The number of sulfonamides is 1. The first-order valence-electron chi connectivity index (χ1n) is 7.10. The molecule has 2 heterocycles. The van der Waals surface area contributed by atoms with Crippen LogP contribution in [0.1, 0.15) is 19.1 Å². The molecule has 1 atom stereocenters. The van der Waals surface area contributed by atoms with Gasteiger partial charge in [0.2, 0.25) is 11.0 Å². The molecule has 1 unspecified atom stereocenters. The van der Waals surface area contributed by atoms with E-state index in [1.54, 1.807) is 0 Å². The van der Waals surface area contributed by atoms with Gasteiger partial charge in [0.1, 0.15) is 12.4 Å². The molecule has 1 aliphatic rings. The molecule has 9 heteroatoms. The highest BCUT2D eigenvalue weighted by Crippen LogP contribution is 2.13. The molecule has 124 valence electrons. The molecule has 0 aliphatic carbocycles. The zero-order valence-corrected chi connectivity index (χ0v) is 13.3. The van der Waals surface area contributed by atoms with Crippen molar-refractivity contribution in [2.75, 3.05) is 26.2 Å². The summed E-state index contributed by atoms with van der Waals surface area (Å²) in [6.45, 7) is 4.44. The molecule has 0 spiro atoms. The molecule has 22 heavy (non-hydrogen) atoms. The molecule has 0 bridgehead atoms. The van der Waals surface area contributed by atoms with E-state index in [0.29, 0.717) is 31.9 Å². The number of rotatable bonds is 6. The third-order valence-corrected chi connectivity index (χ3v) is 4.17. The van der Waals surface area contributed by atoms with Crippen molar-refractivity contribution in [3.05, 3.63) is 17.9 Å². The molecule has 3 N–H and O–H groups in total. The standard InChI is InChI=1S/C13H21N3O5S/c1-2-12(17)16-6-5-15-10(7-16)8-20-9-11-3-4-13(21-11)22(14,18)19/h3-4,10,15H,2,5-9H2,1H3,(H2,14,18,19). The summed E-state index contributed by atoms with van der Waals surface area (Å²) in [4.78, 5) is 13.5. The van der Waals surface area contributed by atoms with E-state index in [1.165, 1.54) is 12.1 Å². The number of nitrogens with zero attached hydrogens (tertiary/aromatic N) is 1. The predicted octanol–water partition coefficient (Wildman–Crippen LogP) is -0.346. The van der Waals surface area contributed by atoms with Gasteiger partial charge in [-0.2, -0.15) is 0 Å². The Hall–Kier alpha value is -1.42. The molecule has 0 saturated carbocycles. The fourth-order valence-electron chi connectivity index (χ4n) is 2.28. The smallest absolute Gasteiger partial charge is 0.271 e. The van der Waals surface area contributed by atoms with E-state index in [9.17, 15) is 13.2 Å². The maximum atomic E-state index is 11.7.